The summed E-state index contributed by atoms with van der Waals surface area (Å²) in [6.45, 7) is 3.77. The molecule has 0 spiro atoms. The van der Waals surface area contributed by atoms with Crippen molar-refractivity contribution >= 4 is 28.5 Å². The van der Waals surface area contributed by atoms with E-state index in [9.17, 15) is 4.79 Å². The minimum absolute atomic E-state index is 0.142. The SMILES string of the molecule is CCCCCCCCCCn1c(CCNC(=O)c2ccccc2Cl)nc2ccccc21. The number of carbonyl (C=O) groups excluding carboxylic acids is 1. The predicted octanol–water partition coefficient (Wildman–Crippen LogP) is 6.80. The van der Waals surface area contributed by atoms with Crippen molar-refractivity contribution in [2.75, 3.05) is 6.54 Å². The van der Waals surface area contributed by atoms with Crippen molar-refractivity contribution in [3.8, 4) is 0 Å². The van der Waals surface area contributed by atoms with Crippen LogP contribution in [0.4, 0.5) is 0 Å². The van der Waals surface area contributed by atoms with E-state index in [0.29, 0.717) is 23.6 Å². The van der Waals surface area contributed by atoms with Gasteiger partial charge in [-0.25, -0.2) is 4.98 Å². The number of halogens is 1. The topological polar surface area (TPSA) is 46.9 Å². The minimum Gasteiger partial charge on any atom is -0.352 e. The van der Waals surface area contributed by atoms with Gasteiger partial charge in [-0.3, -0.25) is 4.79 Å². The number of imidazole rings is 1. The molecule has 0 aliphatic carbocycles. The molecule has 5 heteroatoms. The van der Waals surface area contributed by atoms with Crippen LogP contribution in [0.1, 0.15) is 74.5 Å². The number of aromatic nitrogens is 2. The highest BCUT2D eigenvalue weighted by atomic mass is 35.5. The number of hydrogen-bond acceptors (Lipinski definition) is 2. The molecule has 166 valence electrons. The van der Waals surface area contributed by atoms with E-state index in [1.165, 1.54) is 50.5 Å². The summed E-state index contributed by atoms with van der Waals surface area (Å²) in [7, 11) is 0. The Morgan fingerprint density at radius 3 is 2.39 bits per heavy atom. The molecule has 0 bridgehead atoms. The maximum absolute atomic E-state index is 12.4. The largest absolute Gasteiger partial charge is 0.352 e. The molecule has 31 heavy (non-hydrogen) atoms. The second kappa shape index (κ2) is 12.5. The zero-order valence-corrected chi connectivity index (χ0v) is 19.3. The fourth-order valence-electron chi connectivity index (χ4n) is 4.00. The third-order valence-corrected chi connectivity index (χ3v) is 6.05. The van der Waals surface area contributed by atoms with E-state index in [0.717, 1.165) is 24.3 Å². The van der Waals surface area contributed by atoms with Crippen molar-refractivity contribution in [2.45, 2.75) is 71.3 Å². The number of carbonyl (C=O) groups is 1. The predicted molar refractivity (Wildman–Crippen MR) is 130 cm³/mol. The van der Waals surface area contributed by atoms with Crippen molar-refractivity contribution in [3.63, 3.8) is 0 Å². The molecule has 1 N–H and O–H groups in total. The summed E-state index contributed by atoms with van der Waals surface area (Å²) in [6.07, 6.45) is 11.1. The number of para-hydroxylation sites is 2. The molecule has 1 aromatic heterocycles. The van der Waals surface area contributed by atoms with Gasteiger partial charge < -0.3 is 9.88 Å². The molecule has 0 fully saturated rings. The van der Waals surface area contributed by atoms with Gasteiger partial charge in [0.1, 0.15) is 5.82 Å². The molecule has 0 aliphatic heterocycles. The van der Waals surface area contributed by atoms with Crippen molar-refractivity contribution < 1.29 is 4.79 Å². The van der Waals surface area contributed by atoms with Crippen molar-refractivity contribution in [3.05, 3.63) is 64.9 Å². The first-order chi connectivity index (χ1) is 15.2. The van der Waals surface area contributed by atoms with Crippen LogP contribution in [0.2, 0.25) is 5.02 Å². The summed E-state index contributed by atoms with van der Waals surface area (Å²) in [6, 6.07) is 15.4. The highest BCUT2D eigenvalue weighted by Gasteiger charge is 2.12. The zero-order chi connectivity index (χ0) is 21.9. The number of nitrogens with zero attached hydrogens (tertiary/aromatic N) is 2. The van der Waals surface area contributed by atoms with E-state index in [4.69, 9.17) is 16.6 Å². The number of unbranched alkanes of at least 4 members (excludes halogenated alkanes) is 7. The summed E-state index contributed by atoms with van der Waals surface area (Å²) in [5.41, 5.74) is 2.71. The molecular weight excluding hydrogens is 406 g/mol. The number of aryl methyl sites for hydroxylation is 1. The number of rotatable bonds is 13. The molecule has 0 saturated heterocycles. The fraction of sp³-hybridized carbons (Fsp3) is 0.462. The van der Waals surface area contributed by atoms with Gasteiger partial charge in [0, 0.05) is 19.5 Å². The van der Waals surface area contributed by atoms with Gasteiger partial charge in [0.2, 0.25) is 0 Å². The maximum atomic E-state index is 12.4. The van der Waals surface area contributed by atoms with E-state index in [1.54, 1.807) is 12.1 Å². The number of nitrogens with one attached hydrogen (secondary N) is 1. The van der Waals surface area contributed by atoms with E-state index in [2.05, 4.69) is 35.0 Å². The lowest BCUT2D eigenvalue weighted by Crippen LogP contribution is -2.26. The second-order valence-electron chi connectivity index (χ2n) is 8.13. The minimum atomic E-state index is -0.142. The number of fused-ring (bicyclic) bond motifs is 1. The van der Waals surface area contributed by atoms with Crippen LogP contribution in [0.5, 0.6) is 0 Å². The van der Waals surface area contributed by atoms with Gasteiger partial charge in [0.25, 0.3) is 5.91 Å². The Morgan fingerprint density at radius 2 is 1.61 bits per heavy atom. The Bertz CT molecular complexity index is 966. The maximum Gasteiger partial charge on any atom is 0.252 e. The highest BCUT2D eigenvalue weighted by Crippen LogP contribution is 2.19. The third kappa shape index (κ3) is 6.83. The number of benzene rings is 2. The lowest BCUT2D eigenvalue weighted by molar-refractivity contribution is 0.0954. The lowest BCUT2D eigenvalue weighted by Gasteiger charge is -2.10. The molecule has 0 aliphatic rings. The van der Waals surface area contributed by atoms with Crippen molar-refractivity contribution in [2.24, 2.45) is 0 Å². The number of hydrogen-bond donors (Lipinski definition) is 1. The van der Waals surface area contributed by atoms with E-state index in [-0.39, 0.29) is 5.91 Å². The van der Waals surface area contributed by atoms with Gasteiger partial charge in [0.05, 0.1) is 21.6 Å². The molecule has 3 aromatic rings. The molecule has 0 atom stereocenters. The summed E-state index contributed by atoms with van der Waals surface area (Å²) in [5, 5.41) is 3.46. The van der Waals surface area contributed by atoms with E-state index < -0.39 is 0 Å². The van der Waals surface area contributed by atoms with Crippen molar-refractivity contribution in [1.82, 2.24) is 14.9 Å². The Hall–Kier alpha value is -2.33. The van der Waals surface area contributed by atoms with Gasteiger partial charge in [-0.05, 0) is 30.7 Å². The molecule has 2 aromatic carbocycles. The van der Waals surface area contributed by atoms with Crippen LogP contribution in [0.3, 0.4) is 0 Å². The molecule has 3 rings (SSSR count). The van der Waals surface area contributed by atoms with E-state index >= 15 is 0 Å². The number of amides is 1. The van der Waals surface area contributed by atoms with Gasteiger partial charge in [-0.1, -0.05) is 87.7 Å². The summed E-state index contributed by atoms with van der Waals surface area (Å²) >= 11 is 6.13. The lowest BCUT2D eigenvalue weighted by atomic mass is 10.1. The van der Waals surface area contributed by atoms with E-state index in [1.807, 2.05) is 18.2 Å². The average molecular weight is 440 g/mol. The Labute approximate surface area is 191 Å². The van der Waals surface area contributed by atoms with Gasteiger partial charge in [-0.15, -0.1) is 0 Å². The Balaban J connectivity index is 1.54. The highest BCUT2D eigenvalue weighted by molar-refractivity contribution is 6.33. The summed E-state index contributed by atoms with van der Waals surface area (Å²) in [4.78, 5) is 17.3. The van der Waals surface area contributed by atoms with Crippen molar-refractivity contribution in [1.29, 1.82) is 0 Å². The quantitative estimate of drug-likeness (QED) is 0.297. The standard InChI is InChI=1S/C26H34ClN3O/c1-2-3-4-5-6-7-8-13-20-30-24-17-12-11-16-23(24)29-25(30)18-19-28-26(31)21-14-9-10-15-22(21)27/h9-12,14-17H,2-8,13,18-20H2,1H3,(H,28,31). The first-order valence-corrected chi connectivity index (χ1v) is 12.1. The zero-order valence-electron chi connectivity index (χ0n) is 18.6. The monoisotopic (exact) mass is 439 g/mol. The fourth-order valence-corrected chi connectivity index (χ4v) is 4.22. The summed E-state index contributed by atoms with van der Waals surface area (Å²) < 4.78 is 2.33. The average Bonchev–Trinajstić information content (AvgIpc) is 3.13. The normalized spacial score (nSPS) is 11.2. The molecule has 4 nitrogen and oxygen atoms in total. The van der Waals surface area contributed by atoms with Gasteiger partial charge in [0.15, 0.2) is 0 Å². The van der Waals surface area contributed by atoms with Crippen LogP contribution in [-0.2, 0) is 13.0 Å². The molecular formula is C26H34ClN3O. The third-order valence-electron chi connectivity index (χ3n) is 5.72. The van der Waals surface area contributed by atoms with Gasteiger partial charge in [-0.2, -0.15) is 0 Å². The first kappa shape index (κ1) is 23.3. The van der Waals surface area contributed by atoms with Crippen LogP contribution >= 0.6 is 11.6 Å². The Kier molecular flexibility index (Phi) is 9.41. The molecule has 0 saturated carbocycles. The second-order valence-corrected chi connectivity index (χ2v) is 8.54. The first-order valence-electron chi connectivity index (χ1n) is 11.7. The smallest absolute Gasteiger partial charge is 0.252 e. The Morgan fingerprint density at radius 1 is 0.935 bits per heavy atom. The van der Waals surface area contributed by atoms with Crippen LogP contribution in [0, 0.1) is 0 Å². The van der Waals surface area contributed by atoms with Crippen LogP contribution < -0.4 is 5.32 Å². The molecule has 0 radical (unpaired) electrons. The molecule has 1 heterocycles. The van der Waals surface area contributed by atoms with Gasteiger partial charge >= 0.3 is 0 Å². The van der Waals surface area contributed by atoms with Crippen LogP contribution in [-0.4, -0.2) is 22.0 Å². The molecule has 1 amide bonds. The molecule has 0 unspecified atom stereocenters. The van der Waals surface area contributed by atoms with Crippen LogP contribution in [0.25, 0.3) is 11.0 Å². The summed E-state index contributed by atoms with van der Waals surface area (Å²) in [5.74, 6) is 0.889. The van der Waals surface area contributed by atoms with Crippen LogP contribution in [0.15, 0.2) is 48.5 Å².